The number of aromatic nitrogens is 2. The van der Waals surface area contributed by atoms with E-state index in [1.807, 2.05) is 12.1 Å². The van der Waals surface area contributed by atoms with Crippen LogP contribution in [0.5, 0.6) is 0 Å². The van der Waals surface area contributed by atoms with Gasteiger partial charge in [-0.15, -0.1) is 0 Å². The van der Waals surface area contributed by atoms with E-state index in [0.717, 1.165) is 57.3 Å². The van der Waals surface area contributed by atoms with Gasteiger partial charge in [-0.1, -0.05) is 11.6 Å². The smallest absolute Gasteiger partial charge is 0.257 e. The van der Waals surface area contributed by atoms with Crippen molar-refractivity contribution >= 4 is 46.4 Å². The van der Waals surface area contributed by atoms with Crippen molar-refractivity contribution in [2.24, 2.45) is 0 Å². The quantitative estimate of drug-likeness (QED) is 0.481. The first kappa shape index (κ1) is 26.9. The maximum absolute atomic E-state index is 13.1. The molecule has 2 N–H and O–H groups in total. The Morgan fingerprint density at radius 1 is 0.821 bits per heavy atom. The first-order valence-corrected chi connectivity index (χ1v) is 13.4. The molecule has 2 fully saturated rings. The average Bonchev–Trinajstić information content (AvgIpc) is 3.19. The molecule has 4 heterocycles. The minimum absolute atomic E-state index is 0.248. The van der Waals surface area contributed by atoms with Crippen LogP contribution in [-0.2, 0) is 4.74 Å². The summed E-state index contributed by atoms with van der Waals surface area (Å²) >= 11 is 6.35. The molecule has 39 heavy (non-hydrogen) atoms. The lowest BCUT2D eigenvalue weighted by atomic mass is 10.1. The summed E-state index contributed by atoms with van der Waals surface area (Å²) in [5.41, 5.74) is 1.74. The van der Waals surface area contributed by atoms with Crippen molar-refractivity contribution in [2.75, 3.05) is 80.0 Å². The van der Waals surface area contributed by atoms with Crippen LogP contribution >= 0.6 is 11.6 Å². The fraction of sp³-hybridized carbons (Fsp3) is 0.357. The van der Waals surface area contributed by atoms with Crippen molar-refractivity contribution in [3.8, 4) is 0 Å². The third-order valence-electron chi connectivity index (χ3n) is 6.86. The van der Waals surface area contributed by atoms with Crippen LogP contribution in [-0.4, -0.2) is 86.2 Å². The van der Waals surface area contributed by atoms with E-state index in [9.17, 15) is 9.59 Å². The fourth-order valence-corrected chi connectivity index (χ4v) is 4.83. The molecule has 204 valence electrons. The summed E-state index contributed by atoms with van der Waals surface area (Å²) in [5.74, 6) is 0.921. The summed E-state index contributed by atoms with van der Waals surface area (Å²) in [4.78, 5) is 41.6. The van der Waals surface area contributed by atoms with Crippen molar-refractivity contribution in [3.05, 3.63) is 71.0 Å². The molecular weight excluding hydrogens is 518 g/mol. The van der Waals surface area contributed by atoms with E-state index in [1.165, 1.54) is 0 Å². The van der Waals surface area contributed by atoms with Crippen molar-refractivity contribution in [1.29, 1.82) is 0 Å². The van der Waals surface area contributed by atoms with E-state index in [0.29, 0.717) is 30.2 Å². The summed E-state index contributed by atoms with van der Waals surface area (Å²) in [6.07, 6.45) is 4.35. The third kappa shape index (κ3) is 6.83. The van der Waals surface area contributed by atoms with Gasteiger partial charge in [0.15, 0.2) is 0 Å². The van der Waals surface area contributed by atoms with Gasteiger partial charge in [-0.2, -0.15) is 0 Å². The molecule has 2 saturated heterocycles. The summed E-state index contributed by atoms with van der Waals surface area (Å²) < 4.78 is 5.39. The number of rotatable bonds is 6. The number of carbonyl (C=O) groups excluding carboxylic acids is 2. The Hall–Kier alpha value is -3.73. The molecule has 0 saturated carbocycles. The zero-order valence-corrected chi connectivity index (χ0v) is 22.7. The van der Waals surface area contributed by atoms with E-state index in [2.05, 4.69) is 42.3 Å². The second kappa shape index (κ2) is 12.4. The van der Waals surface area contributed by atoms with Crippen molar-refractivity contribution in [1.82, 2.24) is 14.9 Å². The second-order valence-corrected chi connectivity index (χ2v) is 10.1. The lowest BCUT2D eigenvalue weighted by Gasteiger charge is -2.27. The van der Waals surface area contributed by atoms with Crippen molar-refractivity contribution in [3.63, 3.8) is 0 Å². The van der Waals surface area contributed by atoms with Crippen LogP contribution in [0.25, 0.3) is 0 Å². The number of likely N-dealkylation sites (N-methyl/N-ethyl adjacent to an activating group) is 1. The first-order chi connectivity index (χ1) is 19.0. The first-order valence-electron chi connectivity index (χ1n) is 13.1. The number of carbonyl (C=O) groups is 2. The Labute approximate surface area is 232 Å². The number of amides is 2. The predicted molar refractivity (Wildman–Crippen MR) is 153 cm³/mol. The number of halogens is 1. The highest BCUT2D eigenvalue weighted by Crippen LogP contribution is 2.24. The molecule has 0 radical (unpaired) electrons. The molecule has 0 atom stereocenters. The van der Waals surface area contributed by atoms with Gasteiger partial charge in [-0.3, -0.25) is 9.59 Å². The van der Waals surface area contributed by atoms with Gasteiger partial charge >= 0.3 is 0 Å². The number of morpholine rings is 1. The molecule has 0 aliphatic carbocycles. The van der Waals surface area contributed by atoms with Gasteiger partial charge in [0, 0.05) is 50.2 Å². The van der Waals surface area contributed by atoms with E-state index in [1.54, 1.807) is 42.7 Å². The summed E-state index contributed by atoms with van der Waals surface area (Å²) in [6, 6.07) is 12.0. The monoisotopic (exact) mass is 549 g/mol. The number of benzene rings is 1. The van der Waals surface area contributed by atoms with Crippen LogP contribution in [0, 0.1) is 0 Å². The molecule has 5 rings (SSSR count). The number of nitrogens with zero attached hydrogens (tertiary/aromatic N) is 5. The van der Waals surface area contributed by atoms with Gasteiger partial charge in [0.25, 0.3) is 11.8 Å². The van der Waals surface area contributed by atoms with E-state index in [-0.39, 0.29) is 22.4 Å². The van der Waals surface area contributed by atoms with E-state index in [4.69, 9.17) is 16.3 Å². The van der Waals surface area contributed by atoms with Gasteiger partial charge in [-0.25, -0.2) is 9.97 Å². The van der Waals surface area contributed by atoms with Gasteiger partial charge in [0.2, 0.25) is 0 Å². The number of pyridine rings is 2. The third-order valence-corrected chi connectivity index (χ3v) is 7.19. The molecule has 2 amide bonds. The Bertz CT molecular complexity index is 1310. The van der Waals surface area contributed by atoms with Crippen molar-refractivity contribution in [2.45, 2.75) is 6.42 Å². The Balaban J connectivity index is 1.23. The highest BCUT2D eigenvalue weighted by atomic mass is 35.5. The topological polar surface area (TPSA) is 103 Å². The van der Waals surface area contributed by atoms with Crippen molar-refractivity contribution < 1.29 is 14.3 Å². The average molecular weight is 550 g/mol. The van der Waals surface area contributed by atoms with Crippen LogP contribution < -0.4 is 20.4 Å². The number of ether oxygens (including phenoxy) is 1. The Morgan fingerprint density at radius 3 is 2.38 bits per heavy atom. The lowest BCUT2D eigenvalue weighted by Crippen LogP contribution is -2.36. The van der Waals surface area contributed by atoms with Crippen LogP contribution in [0.3, 0.4) is 0 Å². The predicted octanol–water partition coefficient (Wildman–Crippen LogP) is 3.61. The zero-order valence-electron chi connectivity index (χ0n) is 21.9. The number of hydrogen-bond acceptors (Lipinski definition) is 8. The molecule has 2 aliphatic heterocycles. The van der Waals surface area contributed by atoms with Crippen LogP contribution in [0.2, 0.25) is 5.02 Å². The molecular formula is C28H32ClN7O3. The zero-order chi connectivity index (χ0) is 27.2. The minimum Gasteiger partial charge on any atom is -0.378 e. The molecule has 1 aromatic carbocycles. The molecule has 0 bridgehead atoms. The lowest BCUT2D eigenvalue weighted by molar-refractivity contribution is 0.101. The molecule has 0 unspecified atom stereocenters. The van der Waals surface area contributed by atoms with Gasteiger partial charge in [0.05, 0.1) is 35.7 Å². The van der Waals surface area contributed by atoms with Crippen LogP contribution in [0.4, 0.5) is 23.0 Å². The highest BCUT2D eigenvalue weighted by molar-refractivity contribution is 6.34. The van der Waals surface area contributed by atoms with Gasteiger partial charge < -0.3 is 30.1 Å². The summed E-state index contributed by atoms with van der Waals surface area (Å²) in [5, 5.41) is 5.99. The fourth-order valence-electron chi connectivity index (χ4n) is 4.63. The number of hydrogen-bond donors (Lipinski definition) is 2. The minimum atomic E-state index is -0.388. The maximum Gasteiger partial charge on any atom is 0.257 e. The molecule has 11 heteroatoms. The Kier molecular flexibility index (Phi) is 8.55. The summed E-state index contributed by atoms with van der Waals surface area (Å²) in [6.45, 7) is 6.63. The standard InChI is InChI=1S/C28H32ClN7O3/c1-34-9-2-10-35(12-11-34)25-6-4-22(19-31-25)33-28(38)23-18-21(3-5-24(23)29)32-27(37)20-7-8-30-26(17-20)36-13-15-39-16-14-36/h3-8,17-19H,2,9-16H2,1H3,(H,32,37)(H,33,38). The normalized spacial score (nSPS) is 16.5. The van der Waals surface area contributed by atoms with Gasteiger partial charge in [0.1, 0.15) is 11.6 Å². The van der Waals surface area contributed by atoms with E-state index < -0.39 is 0 Å². The Morgan fingerprint density at radius 2 is 1.59 bits per heavy atom. The molecule has 3 aromatic rings. The van der Waals surface area contributed by atoms with Crippen LogP contribution in [0.15, 0.2) is 54.9 Å². The molecule has 2 aromatic heterocycles. The molecule has 2 aliphatic rings. The molecule has 0 spiro atoms. The van der Waals surface area contributed by atoms with Crippen LogP contribution in [0.1, 0.15) is 27.1 Å². The summed E-state index contributed by atoms with van der Waals surface area (Å²) in [7, 11) is 2.13. The number of anilines is 4. The van der Waals surface area contributed by atoms with Gasteiger partial charge in [-0.05, 0) is 62.5 Å². The maximum atomic E-state index is 13.1. The number of nitrogens with one attached hydrogen (secondary N) is 2. The van der Waals surface area contributed by atoms with E-state index >= 15 is 0 Å². The SMILES string of the molecule is CN1CCCN(c2ccc(NC(=O)c3cc(NC(=O)c4ccnc(N5CCOCC5)c4)ccc3Cl)cn2)CC1. The second-order valence-electron chi connectivity index (χ2n) is 9.65. The largest absolute Gasteiger partial charge is 0.378 e. The highest BCUT2D eigenvalue weighted by Gasteiger charge is 2.18. The molecule has 10 nitrogen and oxygen atoms in total.